The molecule has 2 aliphatic rings. The molecule has 0 aliphatic heterocycles. The Hall–Kier alpha value is 0. The van der Waals surface area contributed by atoms with Gasteiger partial charge in [-0.15, -0.1) is 0 Å². The van der Waals surface area contributed by atoms with E-state index in [4.69, 9.17) is 0 Å². The quantitative estimate of drug-likeness (QED) is 0.488. The Bertz CT molecular complexity index is 320. The largest absolute Gasteiger partial charge is 0.0654 e. The average molecular weight is 321 g/mol. The van der Waals surface area contributed by atoms with E-state index in [2.05, 4.69) is 34.6 Å². The molecule has 0 spiro atoms. The maximum absolute atomic E-state index is 2.61. The highest BCUT2D eigenvalue weighted by molar-refractivity contribution is 4.86. The molecular formula is C23H44. The van der Waals surface area contributed by atoms with Crippen LogP contribution in [-0.4, -0.2) is 0 Å². The monoisotopic (exact) mass is 320 g/mol. The lowest BCUT2D eigenvalue weighted by molar-refractivity contribution is 0.0924. The van der Waals surface area contributed by atoms with E-state index >= 15 is 0 Å². The lowest BCUT2D eigenvalue weighted by Gasteiger charge is -2.40. The maximum atomic E-state index is 2.61. The molecule has 0 aromatic heterocycles. The summed E-state index contributed by atoms with van der Waals surface area (Å²) < 4.78 is 0. The van der Waals surface area contributed by atoms with Crippen LogP contribution < -0.4 is 0 Å². The van der Waals surface area contributed by atoms with Crippen LogP contribution in [0.2, 0.25) is 0 Å². The molecule has 0 bridgehead atoms. The summed E-state index contributed by atoms with van der Waals surface area (Å²) in [6, 6.07) is 0. The third-order valence-electron chi connectivity index (χ3n) is 7.62. The van der Waals surface area contributed by atoms with Gasteiger partial charge in [-0.25, -0.2) is 0 Å². The van der Waals surface area contributed by atoms with Crippen molar-refractivity contribution in [2.75, 3.05) is 0 Å². The van der Waals surface area contributed by atoms with Crippen molar-refractivity contribution in [2.24, 2.45) is 41.4 Å². The van der Waals surface area contributed by atoms with Crippen LogP contribution in [0.4, 0.5) is 0 Å². The number of fused-ring (bicyclic) bond motifs is 1. The van der Waals surface area contributed by atoms with Crippen LogP contribution in [0.5, 0.6) is 0 Å². The first-order chi connectivity index (χ1) is 11.0. The highest BCUT2D eigenvalue weighted by Gasteiger charge is 2.37. The van der Waals surface area contributed by atoms with Gasteiger partial charge >= 0.3 is 0 Å². The first-order valence-corrected chi connectivity index (χ1v) is 11.0. The summed E-state index contributed by atoms with van der Waals surface area (Å²) in [7, 11) is 0. The van der Waals surface area contributed by atoms with Crippen LogP contribution in [0.1, 0.15) is 105 Å². The molecule has 0 radical (unpaired) electrons. The molecule has 0 heterocycles. The Morgan fingerprint density at radius 2 is 1.43 bits per heavy atom. The lowest BCUT2D eigenvalue weighted by Crippen LogP contribution is -2.32. The molecule has 7 unspecified atom stereocenters. The van der Waals surface area contributed by atoms with Crippen molar-refractivity contribution in [3.8, 4) is 0 Å². The molecule has 0 nitrogen and oxygen atoms in total. The van der Waals surface area contributed by atoms with E-state index < -0.39 is 0 Å². The van der Waals surface area contributed by atoms with Crippen molar-refractivity contribution in [1.82, 2.24) is 0 Å². The van der Waals surface area contributed by atoms with E-state index in [0.29, 0.717) is 0 Å². The van der Waals surface area contributed by atoms with Gasteiger partial charge in [0, 0.05) is 0 Å². The molecular weight excluding hydrogens is 276 g/mol. The topological polar surface area (TPSA) is 0 Å². The van der Waals surface area contributed by atoms with E-state index in [-0.39, 0.29) is 0 Å². The second-order valence-electron chi connectivity index (χ2n) is 9.60. The van der Waals surface area contributed by atoms with Crippen LogP contribution >= 0.6 is 0 Å². The summed E-state index contributed by atoms with van der Waals surface area (Å²) in [5.41, 5.74) is 0. The zero-order valence-corrected chi connectivity index (χ0v) is 16.8. The van der Waals surface area contributed by atoms with Crippen LogP contribution in [0.3, 0.4) is 0 Å². The maximum Gasteiger partial charge on any atom is -0.0332 e. The molecule has 0 N–H and O–H groups in total. The summed E-state index contributed by atoms with van der Waals surface area (Å²) in [5, 5.41) is 0. The number of rotatable bonds is 2. The standard InChI is InChI=1S/C23H44/c1-6-10-21-14-8-7-12-19(4)23-20(5)18(3)13-9-11-17(2)15-22(23)16-21/h17-23H,6-16H2,1-5H3. The fourth-order valence-electron chi connectivity index (χ4n) is 6.20. The molecule has 2 rings (SSSR count). The van der Waals surface area contributed by atoms with Gasteiger partial charge in [-0.2, -0.15) is 0 Å². The normalized spacial score (nSPS) is 44.0. The number of hydrogen-bond acceptors (Lipinski definition) is 0. The molecule has 0 heteroatoms. The first-order valence-electron chi connectivity index (χ1n) is 11.0. The predicted octanol–water partition coefficient (Wildman–Crippen LogP) is 7.72. The third kappa shape index (κ3) is 5.50. The SMILES string of the molecule is CCCC1CCCCC(C)C2C(CC(C)CCCC(C)C2C)C1. The lowest BCUT2D eigenvalue weighted by atomic mass is 9.65. The van der Waals surface area contributed by atoms with Gasteiger partial charge in [-0.3, -0.25) is 0 Å². The smallest absolute Gasteiger partial charge is 0.0332 e. The molecule has 2 fully saturated rings. The highest BCUT2D eigenvalue weighted by Crippen LogP contribution is 2.46. The van der Waals surface area contributed by atoms with E-state index in [1.807, 2.05) is 0 Å². The van der Waals surface area contributed by atoms with Gasteiger partial charge in [-0.1, -0.05) is 92.4 Å². The Balaban J connectivity index is 2.24. The average Bonchev–Trinajstić information content (AvgIpc) is 2.59. The van der Waals surface area contributed by atoms with Crippen molar-refractivity contribution in [3.05, 3.63) is 0 Å². The van der Waals surface area contributed by atoms with E-state index in [1.165, 1.54) is 64.2 Å². The van der Waals surface area contributed by atoms with E-state index in [1.54, 1.807) is 6.42 Å². The van der Waals surface area contributed by atoms with Gasteiger partial charge in [0.05, 0.1) is 0 Å². The summed E-state index contributed by atoms with van der Waals surface area (Å²) in [5.74, 6) is 6.78. The third-order valence-corrected chi connectivity index (χ3v) is 7.62. The Morgan fingerprint density at radius 1 is 0.739 bits per heavy atom. The molecule has 0 aromatic carbocycles. The van der Waals surface area contributed by atoms with E-state index in [9.17, 15) is 0 Å². The molecule has 0 saturated heterocycles. The molecule has 0 amide bonds. The predicted molar refractivity (Wildman–Crippen MR) is 104 cm³/mol. The van der Waals surface area contributed by atoms with Crippen LogP contribution in [0, 0.1) is 41.4 Å². The van der Waals surface area contributed by atoms with E-state index in [0.717, 1.165) is 41.4 Å². The van der Waals surface area contributed by atoms with Crippen molar-refractivity contribution < 1.29 is 0 Å². The molecule has 136 valence electrons. The van der Waals surface area contributed by atoms with Gasteiger partial charge in [0.1, 0.15) is 0 Å². The minimum atomic E-state index is 0.931. The minimum absolute atomic E-state index is 0.931. The fourth-order valence-corrected chi connectivity index (χ4v) is 6.20. The molecule has 2 aliphatic carbocycles. The second kappa shape index (κ2) is 9.47. The zero-order chi connectivity index (χ0) is 16.8. The van der Waals surface area contributed by atoms with Crippen LogP contribution in [0.15, 0.2) is 0 Å². The Kier molecular flexibility index (Phi) is 7.96. The zero-order valence-electron chi connectivity index (χ0n) is 16.8. The van der Waals surface area contributed by atoms with Gasteiger partial charge in [-0.05, 0) is 54.3 Å². The summed E-state index contributed by atoms with van der Waals surface area (Å²) >= 11 is 0. The van der Waals surface area contributed by atoms with Crippen molar-refractivity contribution >= 4 is 0 Å². The summed E-state index contributed by atoms with van der Waals surface area (Å²) in [4.78, 5) is 0. The second-order valence-corrected chi connectivity index (χ2v) is 9.60. The molecule has 0 aromatic rings. The summed E-state index contributed by atoms with van der Waals surface area (Å²) in [6.07, 6.45) is 16.3. The van der Waals surface area contributed by atoms with Crippen molar-refractivity contribution in [3.63, 3.8) is 0 Å². The Labute approximate surface area is 147 Å². The molecule has 7 atom stereocenters. The van der Waals surface area contributed by atoms with Gasteiger partial charge in [0.2, 0.25) is 0 Å². The summed E-state index contributed by atoms with van der Waals surface area (Å²) in [6.45, 7) is 12.7. The van der Waals surface area contributed by atoms with Crippen LogP contribution in [-0.2, 0) is 0 Å². The van der Waals surface area contributed by atoms with Gasteiger partial charge in [0.25, 0.3) is 0 Å². The van der Waals surface area contributed by atoms with Crippen molar-refractivity contribution in [2.45, 2.75) is 105 Å². The van der Waals surface area contributed by atoms with Gasteiger partial charge < -0.3 is 0 Å². The van der Waals surface area contributed by atoms with Gasteiger partial charge in [0.15, 0.2) is 0 Å². The van der Waals surface area contributed by atoms with Crippen LogP contribution in [0.25, 0.3) is 0 Å². The minimum Gasteiger partial charge on any atom is -0.0654 e. The first kappa shape index (κ1) is 19.3. The fraction of sp³-hybridized carbons (Fsp3) is 1.00. The van der Waals surface area contributed by atoms with Crippen molar-refractivity contribution in [1.29, 1.82) is 0 Å². The number of hydrogen-bond donors (Lipinski definition) is 0. The Morgan fingerprint density at radius 3 is 2.17 bits per heavy atom. The molecule has 2 saturated carbocycles. The molecule has 23 heavy (non-hydrogen) atoms. The highest BCUT2D eigenvalue weighted by atomic mass is 14.4.